The molecule has 9 heteroatoms. The number of sulfonamides is 1. The molecule has 1 heterocycles. The maximum absolute atomic E-state index is 12.9. The minimum atomic E-state index is -3.89. The number of nitrogens with one attached hydrogen (secondary N) is 1. The van der Waals surface area contributed by atoms with E-state index in [1.165, 1.54) is 12.3 Å². The molecule has 4 aromatic rings. The molecule has 1 aromatic heterocycles. The number of aromatic nitrogens is 1. The minimum Gasteiger partial charge on any atom is -0.399 e. The number of hydrogen-bond donors (Lipinski definition) is 3. The average molecular weight is 479 g/mol. The Balaban J connectivity index is 1.63. The van der Waals surface area contributed by atoms with Gasteiger partial charge in [-0.3, -0.25) is 9.78 Å². The molecule has 7 nitrogen and oxygen atoms in total. The predicted molar refractivity (Wildman–Crippen MR) is 130 cm³/mol. The topological polar surface area (TPSA) is 128 Å². The zero-order valence-electron chi connectivity index (χ0n) is 17.2. The Morgan fingerprint density at radius 2 is 1.64 bits per heavy atom. The molecule has 0 aliphatic rings. The van der Waals surface area contributed by atoms with Crippen molar-refractivity contribution < 1.29 is 13.2 Å². The lowest BCUT2D eigenvalue weighted by atomic mass is 10.0. The molecule has 0 aliphatic heterocycles. The van der Waals surface area contributed by atoms with Crippen molar-refractivity contribution in [2.75, 3.05) is 11.1 Å². The number of nitrogens with zero attached hydrogens (tertiary/aromatic N) is 1. The summed E-state index contributed by atoms with van der Waals surface area (Å²) in [6.45, 7) is 0. The maximum atomic E-state index is 12.9. The van der Waals surface area contributed by atoms with Gasteiger partial charge in [-0.1, -0.05) is 41.9 Å². The van der Waals surface area contributed by atoms with Crippen LogP contribution in [-0.4, -0.2) is 19.3 Å². The van der Waals surface area contributed by atoms with Crippen LogP contribution in [0.5, 0.6) is 0 Å². The molecule has 0 saturated heterocycles. The highest BCUT2D eigenvalue weighted by atomic mass is 35.5. The van der Waals surface area contributed by atoms with Gasteiger partial charge in [0.2, 0.25) is 10.0 Å². The smallest absolute Gasteiger partial charge is 0.255 e. The number of anilines is 2. The predicted octanol–water partition coefficient (Wildman–Crippen LogP) is 4.55. The first kappa shape index (κ1) is 22.5. The number of rotatable bonds is 5. The summed E-state index contributed by atoms with van der Waals surface area (Å²) in [6, 6.07) is 21.6. The van der Waals surface area contributed by atoms with Crippen LogP contribution < -0.4 is 16.2 Å². The van der Waals surface area contributed by atoms with Crippen LogP contribution >= 0.6 is 11.6 Å². The third kappa shape index (κ3) is 5.04. The molecule has 33 heavy (non-hydrogen) atoms. The summed E-state index contributed by atoms with van der Waals surface area (Å²) < 4.78 is 23.8. The molecule has 0 unspecified atom stereocenters. The van der Waals surface area contributed by atoms with Crippen molar-refractivity contribution in [1.82, 2.24) is 4.98 Å². The third-order valence-electron chi connectivity index (χ3n) is 4.95. The van der Waals surface area contributed by atoms with E-state index in [9.17, 15) is 13.2 Å². The fraction of sp³-hybridized carbons (Fsp3) is 0. The first-order chi connectivity index (χ1) is 15.7. The Morgan fingerprint density at radius 3 is 2.30 bits per heavy atom. The van der Waals surface area contributed by atoms with E-state index in [-0.39, 0.29) is 10.8 Å². The van der Waals surface area contributed by atoms with Crippen molar-refractivity contribution in [3.05, 3.63) is 95.6 Å². The van der Waals surface area contributed by atoms with Gasteiger partial charge in [0, 0.05) is 28.6 Å². The molecule has 0 radical (unpaired) electrons. The summed E-state index contributed by atoms with van der Waals surface area (Å²) in [7, 11) is -3.89. The standard InChI is InChI=1S/C24H19ClN4O3S/c25-17-9-12-21(28-14-17)20-11-10-18(26)13-22(20)29-24(30)16-7-5-15(6-8-16)19-3-1-2-4-23(19)33(27,31)32/h1-14H,26H2,(H,29,30)(H2,27,31,32). The molecule has 0 atom stereocenters. The lowest BCUT2D eigenvalue weighted by Crippen LogP contribution is -2.14. The van der Waals surface area contributed by atoms with Crippen LogP contribution in [0.2, 0.25) is 5.02 Å². The quantitative estimate of drug-likeness (QED) is 0.362. The van der Waals surface area contributed by atoms with Gasteiger partial charge in [0.25, 0.3) is 5.91 Å². The first-order valence-corrected chi connectivity index (χ1v) is 11.7. The van der Waals surface area contributed by atoms with Crippen molar-refractivity contribution in [3.8, 4) is 22.4 Å². The molecule has 5 N–H and O–H groups in total. The van der Waals surface area contributed by atoms with Gasteiger partial charge in [-0.2, -0.15) is 0 Å². The number of primary sulfonamides is 1. The van der Waals surface area contributed by atoms with E-state index in [1.54, 1.807) is 72.8 Å². The number of hydrogen-bond acceptors (Lipinski definition) is 5. The van der Waals surface area contributed by atoms with E-state index >= 15 is 0 Å². The van der Waals surface area contributed by atoms with E-state index in [0.29, 0.717) is 44.3 Å². The first-order valence-electron chi connectivity index (χ1n) is 9.77. The second-order valence-corrected chi connectivity index (χ2v) is 9.21. The van der Waals surface area contributed by atoms with Crippen LogP contribution in [0.4, 0.5) is 11.4 Å². The highest BCUT2D eigenvalue weighted by Gasteiger charge is 2.16. The zero-order chi connectivity index (χ0) is 23.6. The van der Waals surface area contributed by atoms with E-state index in [4.69, 9.17) is 22.5 Å². The lowest BCUT2D eigenvalue weighted by molar-refractivity contribution is 0.102. The monoisotopic (exact) mass is 478 g/mol. The van der Waals surface area contributed by atoms with Crippen LogP contribution in [0.3, 0.4) is 0 Å². The number of pyridine rings is 1. The number of halogens is 1. The van der Waals surface area contributed by atoms with E-state index in [1.807, 2.05) is 0 Å². The Hall–Kier alpha value is -3.72. The maximum Gasteiger partial charge on any atom is 0.255 e. The van der Waals surface area contributed by atoms with Crippen LogP contribution in [0, 0.1) is 0 Å². The fourth-order valence-electron chi connectivity index (χ4n) is 3.37. The van der Waals surface area contributed by atoms with E-state index in [2.05, 4.69) is 10.3 Å². The molecule has 0 saturated carbocycles. The normalized spacial score (nSPS) is 11.2. The number of carbonyl (C=O) groups is 1. The Bertz CT molecular complexity index is 1440. The van der Waals surface area contributed by atoms with Gasteiger partial charge in [0.1, 0.15) is 0 Å². The summed E-state index contributed by atoms with van der Waals surface area (Å²) in [5.74, 6) is -0.359. The molecular formula is C24H19ClN4O3S. The third-order valence-corrected chi connectivity index (χ3v) is 6.14. The summed E-state index contributed by atoms with van der Waals surface area (Å²) in [5.41, 5.74) is 9.68. The molecule has 0 fully saturated rings. The Morgan fingerprint density at radius 1 is 0.909 bits per heavy atom. The highest BCUT2D eigenvalue weighted by molar-refractivity contribution is 7.89. The van der Waals surface area contributed by atoms with Crippen molar-refractivity contribution in [3.63, 3.8) is 0 Å². The highest BCUT2D eigenvalue weighted by Crippen LogP contribution is 2.30. The molecule has 0 spiro atoms. The number of amides is 1. The molecule has 4 rings (SSSR count). The van der Waals surface area contributed by atoms with Crippen LogP contribution in [0.15, 0.2) is 90.0 Å². The van der Waals surface area contributed by atoms with Crippen molar-refractivity contribution in [2.45, 2.75) is 4.90 Å². The summed E-state index contributed by atoms with van der Waals surface area (Å²) in [6.07, 6.45) is 1.52. The molecule has 1 amide bonds. The number of nitrogen functional groups attached to an aromatic ring is 1. The van der Waals surface area contributed by atoms with Gasteiger partial charge in [-0.25, -0.2) is 13.6 Å². The fourth-order valence-corrected chi connectivity index (χ4v) is 4.25. The van der Waals surface area contributed by atoms with Gasteiger partial charge in [0.15, 0.2) is 0 Å². The summed E-state index contributed by atoms with van der Waals surface area (Å²) >= 11 is 5.93. The van der Waals surface area contributed by atoms with Gasteiger partial charge in [-0.05, 0) is 54.1 Å². The van der Waals surface area contributed by atoms with Gasteiger partial charge in [0.05, 0.1) is 21.3 Å². The lowest BCUT2D eigenvalue weighted by Gasteiger charge is -2.13. The second kappa shape index (κ2) is 9.03. The van der Waals surface area contributed by atoms with Crippen LogP contribution in [-0.2, 0) is 10.0 Å². The van der Waals surface area contributed by atoms with Crippen molar-refractivity contribution >= 4 is 38.9 Å². The van der Waals surface area contributed by atoms with Crippen LogP contribution in [0.25, 0.3) is 22.4 Å². The Kier molecular flexibility index (Phi) is 6.15. The summed E-state index contributed by atoms with van der Waals surface area (Å²) in [5, 5.41) is 8.70. The molecule has 3 aromatic carbocycles. The van der Waals surface area contributed by atoms with E-state index in [0.717, 1.165) is 0 Å². The van der Waals surface area contributed by atoms with Crippen LogP contribution in [0.1, 0.15) is 10.4 Å². The summed E-state index contributed by atoms with van der Waals surface area (Å²) in [4.78, 5) is 17.3. The van der Waals surface area contributed by atoms with Crippen molar-refractivity contribution in [1.29, 1.82) is 0 Å². The average Bonchev–Trinajstić information content (AvgIpc) is 2.79. The molecule has 0 aliphatic carbocycles. The van der Waals surface area contributed by atoms with Gasteiger partial charge < -0.3 is 11.1 Å². The SMILES string of the molecule is Nc1ccc(-c2ccc(Cl)cn2)c(NC(=O)c2ccc(-c3ccccc3S(N)(=O)=O)cc2)c1. The molecule has 0 bridgehead atoms. The Labute approximate surface area is 196 Å². The molecular weight excluding hydrogens is 460 g/mol. The zero-order valence-corrected chi connectivity index (χ0v) is 18.8. The number of carbonyl (C=O) groups excluding carboxylic acids is 1. The largest absolute Gasteiger partial charge is 0.399 e. The van der Waals surface area contributed by atoms with Crippen molar-refractivity contribution in [2.24, 2.45) is 5.14 Å². The van der Waals surface area contributed by atoms with Gasteiger partial charge >= 0.3 is 0 Å². The molecule has 166 valence electrons. The number of benzene rings is 3. The number of nitrogens with two attached hydrogens (primary N) is 2. The van der Waals surface area contributed by atoms with E-state index < -0.39 is 10.0 Å². The minimum absolute atomic E-state index is 0.0158. The van der Waals surface area contributed by atoms with Gasteiger partial charge in [-0.15, -0.1) is 0 Å². The second-order valence-electron chi connectivity index (χ2n) is 7.24.